The summed E-state index contributed by atoms with van der Waals surface area (Å²) >= 11 is 0. The van der Waals surface area contributed by atoms with E-state index >= 15 is 0 Å². The van der Waals surface area contributed by atoms with Gasteiger partial charge in [0.2, 0.25) is 17.7 Å². The number of amides is 3. The predicted molar refractivity (Wildman–Crippen MR) is 125 cm³/mol. The molecule has 34 heavy (non-hydrogen) atoms. The first-order valence-electron chi connectivity index (χ1n) is 11.6. The highest BCUT2D eigenvalue weighted by Gasteiger charge is 2.70. The average molecular weight is 464 g/mol. The van der Waals surface area contributed by atoms with Crippen LogP contribution in [0.15, 0.2) is 42.5 Å². The van der Waals surface area contributed by atoms with Gasteiger partial charge in [-0.25, -0.2) is 0 Å². The maximum Gasteiger partial charge on any atom is 0.250 e. The zero-order chi connectivity index (χ0) is 24.2. The first-order valence-corrected chi connectivity index (χ1v) is 11.6. The lowest BCUT2D eigenvalue weighted by Crippen LogP contribution is -2.54. The van der Waals surface area contributed by atoms with Crippen LogP contribution in [-0.2, 0) is 26.3 Å². The monoisotopic (exact) mass is 463 g/mol. The van der Waals surface area contributed by atoms with Crippen molar-refractivity contribution in [2.24, 2.45) is 17.8 Å². The van der Waals surface area contributed by atoms with Gasteiger partial charge in [-0.2, -0.15) is 0 Å². The Morgan fingerprint density at radius 1 is 1.00 bits per heavy atom. The first-order chi connectivity index (χ1) is 16.3. The number of fused-ring (bicyclic) bond motifs is 4. The van der Waals surface area contributed by atoms with Crippen molar-refractivity contribution in [3.05, 3.63) is 53.6 Å². The number of para-hydroxylation sites is 1. The highest BCUT2D eigenvalue weighted by atomic mass is 16.5. The number of anilines is 1. The molecule has 0 aromatic heterocycles. The van der Waals surface area contributed by atoms with Crippen molar-refractivity contribution in [1.82, 2.24) is 10.2 Å². The molecule has 2 aromatic carbocycles. The Morgan fingerprint density at radius 3 is 2.44 bits per heavy atom. The molecule has 0 saturated carbocycles. The molecule has 3 amide bonds. The maximum atomic E-state index is 13.8. The van der Waals surface area contributed by atoms with E-state index in [4.69, 9.17) is 9.47 Å². The van der Waals surface area contributed by atoms with E-state index < -0.39 is 17.4 Å². The number of nitrogens with one attached hydrogen (secondary N) is 2. The summed E-state index contributed by atoms with van der Waals surface area (Å²) in [7, 11) is 3.14. The third-order valence-corrected chi connectivity index (χ3v) is 7.44. The molecule has 3 aliphatic heterocycles. The van der Waals surface area contributed by atoms with Crippen molar-refractivity contribution in [1.29, 1.82) is 0 Å². The summed E-state index contributed by atoms with van der Waals surface area (Å²) in [6.07, 6.45) is 0.479. The lowest BCUT2D eigenvalue weighted by Gasteiger charge is -2.30. The minimum absolute atomic E-state index is 0.0648. The molecule has 5 rings (SSSR count). The van der Waals surface area contributed by atoms with Crippen LogP contribution in [-0.4, -0.2) is 49.4 Å². The molecule has 178 valence electrons. The quantitative estimate of drug-likeness (QED) is 0.639. The molecule has 0 bridgehead atoms. The average Bonchev–Trinajstić information content (AvgIpc) is 3.42. The Balaban J connectivity index is 1.47. The Morgan fingerprint density at radius 2 is 1.74 bits per heavy atom. The van der Waals surface area contributed by atoms with Crippen LogP contribution < -0.4 is 20.1 Å². The van der Waals surface area contributed by atoms with Crippen LogP contribution in [0.1, 0.15) is 25.0 Å². The van der Waals surface area contributed by atoms with Gasteiger partial charge in [0.05, 0.1) is 26.1 Å². The van der Waals surface area contributed by atoms with Gasteiger partial charge in [0, 0.05) is 23.8 Å². The summed E-state index contributed by atoms with van der Waals surface area (Å²) in [4.78, 5) is 42.1. The second-order valence-electron chi connectivity index (χ2n) is 9.49. The van der Waals surface area contributed by atoms with Crippen molar-refractivity contribution in [3.63, 3.8) is 0 Å². The lowest BCUT2D eigenvalue weighted by atomic mass is 9.76. The maximum absolute atomic E-state index is 13.8. The number of carbonyl (C=O) groups is 3. The first kappa shape index (κ1) is 22.4. The Hall–Kier alpha value is -3.39. The normalized spacial score (nSPS) is 27.4. The molecule has 0 aliphatic carbocycles. The third-order valence-electron chi connectivity index (χ3n) is 7.44. The topological polar surface area (TPSA) is 97.0 Å². The van der Waals surface area contributed by atoms with Gasteiger partial charge in [-0.3, -0.25) is 24.6 Å². The SMILES string of the molecule is COc1ccc(CCN2C(=O)[C@H]3[C@@H](C2=O)[C@@]2(N[C@H]3C(C)C)C(=O)Nc3ccccc32)cc1OC. The van der Waals surface area contributed by atoms with E-state index in [0.717, 1.165) is 11.1 Å². The Bertz CT molecular complexity index is 1180. The summed E-state index contributed by atoms with van der Waals surface area (Å²) in [5.74, 6) is -0.860. The van der Waals surface area contributed by atoms with Gasteiger partial charge in [-0.1, -0.05) is 38.1 Å². The fourth-order valence-corrected chi connectivity index (χ4v) is 5.82. The lowest BCUT2D eigenvalue weighted by molar-refractivity contribution is -0.142. The number of methoxy groups -OCH3 is 2. The molecule has 2 N–H and O–H groups in total. The number of benzene rings is 2. The molecule has 2 fully saturated rings. The number of rotatable bonds is 6. The predicted octanol–water partition coefficient (Wildman–Crippen LogP) is 2.32. The van der Waals surface area contributed by atoms with E-state index in [0.29, 0.717) is 23.6 Å². The van der Waals surface area contributed by atoms with E-state index in [1.807, 2.05) is 56.3 Å². The van der Waals surface area contributed by atoms with E-state index in [2.05, 4.69) is 10.6 Å². The molecule has 3 aliphatic rings. The highest BCUT2D eigenvalue weighted by Crippen LogP contribution is 2.53. The molecular formula is C26H29N3O5. The largest absolute Gasteiger partial charge is 0.493 e. The van der Waals surface area contributed by atoms with Crippen molar-refractivity contribution in [2.45, 2.75) is 31.8 Å². The van der Waals surface area contributed by atoms with E-state index in [9.17, 15) is 14.4 Å². The number of carbonyl (C=O) groups excluding carboxylic acids is 3. The number of ether oxygens (including phenoxy) is 2. The third kappa shape index (κ3) is 3.05. The van der Waals surface area contributed by atoms with Crippen LogP contribution in [0, 0.1) is 17.8 Å². The van der Waals surface area contributed by atoms with Crippen molar-refractivity contribution >= 4 is 23.4 Å². The van der Waals surface area contributed by atoms with Crippen molar-refractivity contribution in [2.75, 3.05) is 26.1 Å². The van der Waals surface area contributed by atoms with Crippen LogP contribution in [0.5, 0.6) is 11.5 Å². The van der Waals surface area contributed by atoms with Crippen molar-refractivity contribution in [3.8, 4) is 11.5 Å². The molecule has 3 heterocycles. The van der Waals surface area contributed by atoms with Gasteiger partial charge in [-0.15, -0.1) is 0 Å². The fraction of sp³-hybridized carbons (Fsp3) is 0.423. The molecule has 4 atom stereocenters. The number of hydrogen-bond acceptors (Lipinski definition) is 6. The van der Waals surface area contributed by atoms with Gasteiger partial charge in [0.1, 0.15) is 5.54 Å². The summed E-state index contributed by atoms with van der Waals surface area (Å²) in [5.41, 5.74) is 1.11. The van der Waals surface area contributed by atoms with Gasteiger partial charge >= 0.3 is 0 Å². The Labute approximate surface area is 198 Å². The van der Waals surface area contributed by atoms with Crippen LogP contribution in [0.3, 0.4) is 0 Å². The second kappa shape index (κ2) is 8.13. The van der Waals surface area contributed by atoms with Crippen LogP contribution in [0.25, 0.3) is 0 Å². The summed E-state index contributed by atoms with van der Waals surface area (Å²) in [5, 5.41) is 6.37. The summed E-state index contributed by atoms with van der Waals surface area (Å²) in [6, 6.07) is 12.7. The molecule has 1 spiro atoms. The molecule has 0 radical (unpaired) electrons. The molecule has 0 unspecified atom stereocenters. The smallest absolute Gasteiger partial charge is 0.250 e. The van der Waals surface area contributed by atoms with Crippen LogP contribution in [0.2, 0.25) is 0 Å². The number of imide groups is 1. The van der Waals surface area contributed by atoms with Gasteiger partial charge in [-0.05, 0) is 36.1 Å². The number of likely N-dealkylation sites (tertiary alicyclic amines) is 1. The standard InChI is InChI=1S/C26H29N3O5/c1-14(2)22-20-21(26(28-22)16-7-5-6-8-17(16)27-25(26)32)24(31)29(23(20)30)12-11-15-9-10-18(33-3)19(13-15)34-4/h5-10,13-14,20-22,28H,11-12H2,1-4H3,(H,27,32)/t20-,21-,22-,26+/m0/s1. The minimum Gasteiger partial charge on any atom is -0.493 e. The molecule has 2 aromatic rings. The highest BCUT2D eigenvalue weighted by molar-refractivity contribution is 6.15. The van der Waals surface area contributed by atoms with Crippen LogP contribution >= 0.6 is 0 Å². The summed E-state index contributed by atoms with van der Waals surface area (Å²) < 4.78 is 10.7. The van der Waals surface area contributed by atoms with E-state index in [-0.39, 0.29) is 36.2 Å². The molecule has 8 nitrogen and oxygen atoms in total. The van der Waals surface area contributed by atoms with Crippen molar-refractivity contribution < 1.29 is 23.9 Å². The molecule has 8 heteroatoms. The van der Waals surface area contributed by atoms with E-state index in [1.165, 1.54) is 4.90 Å². The van der Waals surface area contributed by atoms with Gasteiger partial charge in [0.25, 0.3) is 0 Å². The van der Waals surface area contributed by atoms with Gasteiger partial charge in [0.15, 0.2) is 11.5 Å². The zero-order valence-corrected chi connectivity index (χ0v) is 19.8. The Kier molecular flexibility index (Phi) is 5.36. The van der Waals surface area contributed by atoms with Gasteiger partial charge < -0.3 is 14.8 Å². The summed E-state index contributed by atoms with van der Waals surface area (Å²) in [6.45, 7) is 4.26. The number of hydrogen-bond donors (Lipinski definition) is 2. The van der Waals surface area contributed by atoms with E-state index in [1.54, 1.807) is 14.2 Å². The second-order valence-corrected chi connectivity index (χ2v) is 9.49. The molecular weight excluding hydrogens is 434 g/mol. The molecule has 2 saturated heterocycles. The fourth-order valence-electron chi connectivity index (χ4n) is 5.82. The van der Waals surface area contributed by atoms with Crippen LogP contribution in [0.4, 0.5) is 5.69 Å². The number of nitrogens with zero attached hydrogens (tertiary/aromatic N) is 1. The zero-order valence-electron chi connectivity index (χ0n) is 19.8. The minimum atomic E-state index is -1.24.